The van der Waals surface area contributed by atoms with Crippen LogP contribution in [0.1, 0.15) is 0 Å². The first-order valence-corrected chi connectivity index (χ1v) is 9.27. The molecule has 0 amide bonds. The van der Waals surface area contributed by atoms with Gasteiger partial charge < -0.3 is 23.6 Å². The van der Waals surface area contributed by atoms with Crippen LogP contribution in [0.2, 0.25) is 0 Å². The van der Waals surface area contributed by atoms with Crippen LogP contribution in [-0.2, 0) is 0 Å². The lowest BCUT2D eigenvalue weighted by atomic mass is 10.0. The maximum atomic E-state index is 13.0. The number of imidazole rings is 1. The molecule has 5 aromatic rings. The van der Waals surface area contributed by atoms with E-state index in [2.05, 4.69) is 9.97 Å². The maximum absolute atomic E-state index is 13.0. The van der Waals surface area contributed by atoms with Gasteiger partial charge in [-0.3, -0.25) is 4.79 Å². The van der Waals surface area contributed by atoms with Crippen LogP contribution in [0.4, 0.5) is 0 Å². The first-order chi connectivity index (χ1) is 14.6. The Hall–Kier alpha value is -4.00. The minimum atomic E-state index is -0.180. The van der Waals surface area contributed by atoms with E-state index in [4.69, 9.17) is 18.6 Å². The average Bonchev–Trinajstić information content (AvgIpc) is 3.25. The number of benzene rings is 3. The Morgan fingerprint density at radius 1 is 0.867 bits per heavy atom. The SMILES string of the molecule is COc1ccc(OC)c2c1c(OC)cc1c(=O)cc(-c3ccc4nc[nH]c4c3)oc12. The Balaban J connectivity index is 1.91. The third-order valence-electron chi connectivity index (χ3n) is 5.23. The van der Waals surface area contributed by atoms with E-state index in [1.807, 2.05) is 18.2 Å². The molecule has 0 saturated carbocycles. The van der Waals surface area contributed by atoms with Crippen molar-refractivity contribution in [3.63, 3.8) is 0 Å². The van der Waals surface area contributed by atoms with E-state index in [0.29, 0.717) is 44.8 Å². The second kappa shape index (κ2) is 6.81. The smallest absolute Gasteiger partial charge is 0.193 e. The summed E-state index contributed by atoms with van der Waals surface area (Å²) in [4.78, 5) is 20.4. The first kappa shape index (κ1) is 18.1. The van der Waals surface area contributed by atoms with Crippen LogP contribution in [0, 0.1) is 0 Å². The first-order valence-electron chi connectivity index (χ1n) is 9.27. The third-order valence-corrected chi connectivity index (χ3v) is 5.23. The molecule has 0 bridgehead atoms. The fourth-order valence-electron chi connectivity index (χ4n) is 3.80. The highest BCUT2D eigenvalue weighted by Gasteiger charge is 2.20. The van der Waals surface area contributed by atoms with E-state index < -0.39 is 0 Å². The van der Waals surface area contributed by atoms with Gasteiger partial charge in [-0.2, -0.15) is 0 Å². The van der Waals surface area contributed by atoms with Crippen LogP contribution in [0.3, 0.4) is 0 Å². The highest BCUT2D eigenvalue weighted by Crippen LogP contribution is 2.43. The van der Waals surface area contributed by atoms with Crippen LogP contribution in [-0.4, -0.2) is 31.3 Å². The van der Waals surface area contributed by atoms with Crippen molar-refractivity contribution in [2.24, 2.45) is 0 Å². The number of ether oxygens (including phenoxy) is 3. The van der Waals surface area contributed by atoms with E-state index in [1.54, 1.807) is 45.9 Å². The Labute approximate surface area is 170 Å². The number of methoxy groups -OCH3 is 3. The summed E-state index contributed by atoms with van der Waals surface area (Å²) in [5.74, 6) is 2.10. The summed E-state index contributed by atoms with van der Waals surface area (Å²) in [7, 11) is 4.70. The highest BCUT2D eigenvalue weighted by molar-refractivity contribution is 6.13. The van der Waals surface area contributed by atoms with Crippen LogP contribution in [0.5, 0.6) is 17.2 Å². The number of nitrogens with zero attached hydrogens (tertiary/aromatic N) is 1. The molecule has 1 N–H and O–H groups in total. The van der Waals surface area contributed by atoms with Crippen molar-refractivity contribution in [2.75, 3.05) is 21.3 Å². The number of hydrogen-bond donors (Lipinski definition) is 1. The molecule has 5 rings (SSSR count). The van der Waals surface area contributed by atoms with Crippen LogP contribution in [0.25, 0.3) is 44.1 Å². The third kappa shape index (κ3) is 2.59. The van der Waals surface area contributed by atoms with Gasteiger partial charge in [0.15, 0.2) is 11.0 Å². The molecule has 0 radical (unpaired) electrons. The predicted octanol–water partition coefficient (Wildman–Crippen LogP) is 4.52. The van der Waals surface area contributed by atoms with Gasteiger partial charge in [0.25, 0.3) is 0 Å². The average molecular weight is 402 g/mol. The summed E-state index contributed by atoms with van der Waals surface area (Å²) in [6, 6.07) is 12.4. The quantitative estimate of drug-likeness (QED) is 0.445. The molecular weight excluding hydrogens is 384 g/mol. The van der Waals surface area contributed by atoms with Crippen molar-refractivity contribution in [3.8, 4) is 28.6 Å². The Bertz CT molecular complexity index is 1480. The molecule has 7 nitrogen and oxygen atoms in total. The van der Waals surface area contributed by atoms with Crippen molar-refractivity contribution < 1.29 is 18.6 Å². The molecule has 0 unspecified atom stereocenters. The molecule has 7 heteroatoms. The fourth-order valence-corrected chi connectivity index (χ4v) is 3.80. The molecule has 0 saturated heterocycles. The summed E-state index contributed by atoms with van der Waals surface area (Å²) in [6.07, 6.45) is 1.63. The highest BCUT2D eigenvalue weighted by atomic mass is 16.5. The molecule has 0 aliphatic heterocycles. The lowest BCUT2D eigenvalue weighted by Crippen LogP contribution is -2.03. The number of H-pyrrole nitrogens is 1. The Kier molecular flexibility index (Phi) is 4.10. The fraction of sp³-hybridized carbons (Fsp3) is 0.130. The zero-order valence-electron chi connectivity index (χ0n) is 16.6. The van der Waals surface area contributed by atoms with E-state index in [-0.39, 0.29) is 5.43 Å². The van der Waals surface area contributed by atoms with Crippen molar-refractivity contribution in [1.82, 2.24) is 9.97 Å². The topological polar surface area (TPSA) is 86.6 Å². The largest absolute Gasteiger partial charge is 0.496 e. The zero-order chi connectivity index (χ0) is 20.8. The Morgan fingerprint density at radius 2 is 1.60 bits per heavy atom. The van der Waals surface area contributed by atoms with E-state index in [9.17, 15) is 4.79 Å². The normalized spacial score (nSPS) is 11.3. The van der Waals surface area contributed by atoms with E-state index in [0.717, 1.165) is 16.6 Å². The van der Waals surface area contributed by atoms with Gasteiger partial charge in [0, 0.05) is 11.6 Å². The summed E-state index contributed by atoms with van der Waals surface area (Å²) < 4.78 is 23.0. The molecule has 2 aromatic heterocycles. The van der Waals surface area contributed by atoms with Gasteiger partial charge in [0.2, 0.25) is 0 Å². The molecule has 0 aliphatic rings. The summed E-state index contributed by atoms with van der Waals surface area (Å²) >= 11 is 0. The number of aromatic amines is 1. The van der Waals surface area contributed by atoms with E-state index in [1.165, 1.54) is 6.07 Å². The maximum Gasteiger partial charge on any atom is 0.193 e. The molecule has 0 fully saturated rings. The van der Waals surface area contributed by atoms with Gasteiger partial charge in [-0.05, 0) is 36.4 Å². The van der Waals surface area contributed by atoms with Crippen LogP contribution >= 0.6 is 0 Å². The molecule has 0 aliphatic carbocycles. The standard InChI is InChI=1S/C23H18N2O5/c1-27-17-6-7-18(28-2)22-21(17)20(29-3)9-13-16(26)10-19(30-23(13)22)12-4-5-14-15(8-12)25-11-24-14/h4-11H,1-3H3,(H,24,25). The number of aromatic nitrogens is 2. The van der Waals surface area contributed by atoms with Crippen molar-refractivity contribution in [3.05, 3.63) is 59.0 Å². The van der Waals surface area contributed by atoms with Crippen LogP contribution < -0.4 is 19.6 Å². The summed E-state index contributed by atoms with van der Waals surface area (Å²) in [6.45, 7) is 0. The number of rotatable bonds is 4. The second-order valence-corrected chi connectivity index (χ2v) is 6.78. The van der Waals surface area contributed by atoms with Crippen molar-refractivity contribution >= 4 is 32.8 Å². The van der Waals surface area contributed by atoms with E-state index >= 15 is 0 Å². The number of hydrogen-bond acceptors (Lipinski definition) is 6. The van der Waals surface area contributed by atoms with Gasteiger partial charge in [-0.15, -0.1) is 0 Å². The lowest BCUT2D eigenvalue weighted by Gasteiger charge is -2.15. The minimum absolute atomic E-state index is 0.180. The van der Waals surface area contributed by atoms with Gasteiger partial charge in [0.1, 0.15) is 23.0 Å². The molecule has 30 heavy (non-hydrogen) atoms. The molecule has 150 valence electrons. The molecule has 2 heterocycles. The van der Waals surface area contributed by atoms with Crippen molar-refractivity contribution in [2.45, 2.75) is 0 Å². The molecule has 3 aromatic carbocycles. The summed E-state index contributed by atoms with van der Waals surface area (Å²) in [5, 5.41) is 1.70. The van der Waals surface area contributed by atoms with Gasteiger partial charge >= 0.3 is 0 Å². The number of nitrogens with one attached hydrogen (secondary N) is 1. The monoisotopic (exact) mass is 402 g/mol. The van der Waals surface area contributed by atoms with Crippen LogP contribution in [0.15, 0.2) is 58.0 Å². The lowest BCUT2D eigenvalue weighted by molar-refractivity contribution is 0.400. The molecule has 0 spiro atoms. The summed E-state index contributed by atoms with van der Waals surface area (Å²) in [5.41, 5.74) is 2.68. The molecule has 0 atom stereocenters. The molecular formula is C23H18N2O5. The minimum Gasteiger partial charge on any atom is -0.496 e. The second-order valence-electron chi connectivity index (χ2n) is 6.78. The zero-order valence-corrected chi connectivity index (χ0v) is 16.6. The number of fused-ring (bicyclic) bond motifs is 4. The van der Waals surface area contributed by atoms with Gasteiger partial charge in [-0.1, -0.05) is 0 Å². The predicted molar refractivity (Wildman–Crippen MR) is 115 cm³/mol. The van der Waals surface area contributed by atoms with Gasteiger partial charge in [-0.25, -0.2) is 4.98 Å². The van der Waals surface area contributed by atoms with Gasteiger partial charge in [0.05, 0.1) is 54.8 Å². The Morgan fingerprint density at radius 3 is 2.33 bits per heavy atom. The van der Waals surface area contributed by atoms with Crippen molar-refractivity contribution in [1.29, 1.82) is 0 Å².